The molecule has 0 atom stereocenters. The summed E-state index contributed by atoms with van der Waals surface area (Å²) in [6.07, 6.45) is 3.41. The van der Waals surface area contributed by atoms with E-state index in [-0.39, 0.29) is 35.8 Å². The first kappa shape index (κ1) is 25.2. The summed E-state index contributed by atoms with van der Waals surface area (Å²) in [7, 11) is 1.69. The lowest BCUT2D eigenvalue weighted by Gasteiger charge is -2.34. The number of amides is 2. The Bertz CT molecular complexity index is 646. The van der Waals surface area contributed by atoms with Crippen LogP contribution >= 0.6 is 24.0 Å². The molecule has 8 heteroatoms. The van der Waals surface area contributed by atoms with Gasteiger partial charge in [0.1, 0.15) is 0 Å². The summed E-state index contributed by atoms with van der Waals surface area (Å²) in [5, 5.41) is 8.99. The van der Waals surface area contributed by atoms with Crippen LogP contribution in [0.3, 0.4) is 0 Å². The van der Waals surface area contributed by atoms with Crippen LogP contribution in [0.5, 0.6) is 0 Å². The molecule has 1 aromatic rings. The lowest BCUT2D eigenvalue weighted by molar-refractivity contribution is -0.121. The molecule has 7 nitrogen and oxygen atoms in total. The van der Waals surface area contributed by atoms with Gasteiger partial charge in [-0.05, 0) is 44.2 Å². The van der Waals surface area contributed by atoms with Crippen LogP contribution in [0, 0.1) is 5.92 Å². The zero-order chi connectivity index (χ0) is 20.2. The fourth-order valence-corrected chi connectivity index (χ4v) is 3.30. The number of hydrogen-bond acceptors (Lipinski definition) is 3. The second-order valence-electron chi connectivity index (χ2n) is 7.02. The average Bonchev–Trinajstić information content (AvgIpc) is 2.73. The van der Waals surface area contributed by atoms with Crippen molar-refractivity contribution >= 4 is 41.8 Å². The molecule has 2 amide bonds. The van der Waals surface area contributed by atoms with E-state index in [1.165, 1.54) is 0 Å². The maximum atomic E-state index is 12.0. The van der Waals surface area contributed by atoms with Crippen molar-refractivity contribution in [3.63, 3.8) is 0 Å². The third-order valence-electron chi connectivity index (χ3n) is 4.92. The van der Waals surface area contributed by atoms with E-state index in [9.17, 15) is 9.59 Å². The average molecular weight is 515 g/mol. The van der Waals surface area contributed by atoms with Crippen LogP contribution in [0.25, 0.3) is 0 Å². The van der Waals surface area contributed by atoms with Gasteiger partial charge in [0.2, 0.25) is 5.91 Å². The minimum absolute atomic E-state index is 0. The Morgan fingerprint density at radius 2 is 1.83 bits per heavy atom. The molecule has 0 spiro atoms. The predicted molar refractivity (Wildman–Crippen MR) is 128 cm³/mol. The van der Waals surface area contributed by atoms with Crippen LogP contribution in [0.1, 0.15) is 43.0 Å². The highest BCUT2D eigenvalue weighted by atomic mass is 127. The molecule has 0 radical (unpaired) electrons. The molecule has 1 saturated heterocycles. The number of likely N-dealkylation sites (tertiary alicyclic amines) is 1. The molecular weight excluding hydrogens is 481 g/mol. The first-order valence-electron chi connectivity index (χ1n) is 10.2. The van der Waals surface area contributed by atoms with Crippen molar-refractivity contribution in [3.05, 3.63) is 35.9 Å². The summed E-state index contributed by atoms with van der Waals surface area (Å²) in [5.74, 6) is 1.45. The predicted octanol–water partition coefficient (Wildman–Crippen LogP) is 2.24. The number of aliphatic imine (C=N–C) groups is 1. The van der Waals surface area contributed by atoms with E-state index in [0.29, 0.717) is 31.0 Å². The van der Waals surface area contributed by atoms with Gasteiger partial charge in [-0.3, -0.25) is 14.6 Å². The minimum Gasteiger partial charge on any atom is -0.359 e. The molecule has 0 unspecified atom stereocenters. The fourth-order valence-electron chi connectivity index (χ4n) is 3.30. The Hall–Kier alpha value is -1.84. The first-order valence-corrected chi connectivity index (χ1v) is 10.2. The fraction of sp³-hybridized carbons (Fsp3) is 0.571. The highest BCUT2D eigenvalue weighted by Gasteiger charge is 2.22. The molecule has 162 valence electrons. The van der Waals surface area contributed by atoms with Gasteiger partial charge in [0, 0.05) is 51.8 Å². The van der Waals surface area contributed by atoms with Gasteiger partial charge in [-0.25, -0.2) is 0 Å². The maximum absolute atomic E-state index is 12.0. The van der Waals surface area contributed by atoms with Crippen molar-refractivity contribution in [3.8, 4) is 0 Å². The molecule has 1 aliphatic heterocycles. The number of hydrogen-bond donors (Lipinski definition) is 3. The molecule has 0 bridgehead atoms. The molecular formula is C21H34IN5O2. The van der Waals surface area contributed by atoms with Gasteiger partial charge in [-0.15, -0.1) is 24.0 Å². The van der Waals surface area contributed by atoms with E-state index < -0.39 is 0 Å². The van der Waals surface area contributed by atoms with Crippen molar-refractivity contribution in [1.29, 1.82) is 0 Å². The monoisotopic (exact) mass is 515 g/mol. The van der Waals surface area contributed by atoms with Crippen LogP contribution in [0.15, 0.2) is 35.3 Å². The van der Waals surface area contributed by atoms with Gasteiger partial charge in [0.15, 0.2) is 5.96 Å². The molecule has 29 heavy (non-hydrogen) atoms. The number of nitrogens with one attached hydrogen (secondary N) is 3. The van der Waals surface area contributed by atoms with Crippen LogP contribution in [-0.2, 0) is 4.79 Å². The normalized spacial score (nSPS) is 14.7. The highest BCUT2D eigenvalue weighted by molar-refractivity contribution is 14.0. The molecule has 0 saturated carbocycles. The van der Waals surface area contributed by atoms with Gasteiger partial charge in [-0.2, -0.15) is 0 Å². The number of benzene rings is 1. The van der Waals surface area contributed by atoms with Crippen LogP contribution in [0.4, 0.5) is 0 Å². The Morgan fingerprint density at radius 1 is 1.14 bits per heavy atom. The van der Waals surface area contributed by atoms with Crippen LogP contribution in [-0.4, -0.2) is 62.4 Å². The molecule has 2 rings (SSSR count). The quantitative estimate of drug-likeness (QED) is 0.215. The third-order valence-corrected chi connectivity index (χ3v) is 4.92. The lowest BCUT2D eigenvalue weighted by atomic mass is 9.93. The van der Waals surface area contributed by atoms with Crippen molar-refractivity contribution in [2.75, 3.05) is 39.8 Å². The molecule has 3 N–H and O–H groups in total. The SMILES string of the molecule is CCNC(=NCCCNC(=O)c1ccccc1)N1CCC(CC(=O)NC)CC1.I. The second kappa shape index (κ2) is 14.2. The molecule has 0 aromatic heterocycles. The van der Waals surface area contributed by atoms with Crippen molar-refractivity contribution in [1.82, 2.24) is 20.9 Å². The van der Waals surface area contributed by atoms with Crippen molar-refractivity contribution in [2.24, 2.45) is 10.9 Å². The largest absolute Gasteiger partial charge is 0.359 e. The van der Waals surface area contributed by atoms with Gasteiger partial charge in [-0.1, -0.05) is 18.2 Å². The number of guanidine groups is 1. The van der Waals surface area contributed by atoms with Gasteiger partial charge in [0.05, 0.1) is 0 Å². The Balaban J connectivity index is 0.00000420. The Kier molecular flexibility index (Phi) is 12.3. The Morgan fingerprint density at radius 3 is 2.45 bits per heavy atom. The number of rotatable bonds is 8. The summed E-state index contributed by atoms with van der Waals surface area (Å²) >= 11 is 0. The standard InChI is InChI=1S/C21H33N5O2.HI/c1-3-23-21(26-14-10-17(11-15-26)16-19(27)22-2)25-13-7-12-24-20(28)18-8-5-4-6-9-18;/h4-6,8-9,17H,3,7,10-16H2,1-2H3,(H,22,27)(H,23,25)(H,24,28);1H. The molecule has 1 fully saturated rings. The zero-order valence-electron chi connectivity index (χ0n) is 17.4. The Labute approximate surface area is 191 Å². The maximum Gasteiger partial charge on any atom is 0.251 e. The molecule has 0 aliphatic carbocycles. The van der Waals surface area contributed by atoms with Crippen molar-refractivity contribution in [2.45, 2.75) is 32.6 Å². The van der Waals surface area contributed by atoms with Crippen LogP contribution in [0.2, 0.25) is 0 Å². The summed E-state index contributed by atoms with van der Waals surface area (Å²) in [4.78, 5) is 30.6. The number of carbonyl (C=O) groups is 2. The summed E-state index contributed by atoms with van der Waals surface area (Å²) in [6.45, 7) is 5.98. The smallest absolute Gasteiger partial charge is 0.251 e. The lowest BCUT2D eigenvalue weighted by Crippen LogP contribution is -2.46. The van der Waals surface area contributed by atoms with E-state index in [1.54, 1.807) is 7.05 Å². The number of carbonyl (C=O) groups excluding carboxylic acids is 2. The molecule has 1 aromatic carbocycles. The van der Waals surface area contributed by atoms with Gasteiger partial charge >= 0.3 is 0 Å². The van der Waals surface area contributed by atoms with E-state index in [0.717, 1.165) is 44.9 Å². The van der Waals surface area contributed by atoms with E-state index >= 15 is 0 Å². The van der Waals surface area contributed by atoms with E-state index in [2.05, 4.69) is 27.8 Å². The summed E-state index contributed by atoms with van der Waals surface area (Å²) in [6, 6.07) is 9.24. The number of piperidine rings is 1. The highest BCUT2D eigenvalue weighted by Crippen LogP contribution is 2.20. The second-order valence-corrected chi connectivity index (χ2v) is 7.02. The summed E-state index contributed by atoms with van der Waals surface area (Å²) in [5.41, 5.74) is 0.680. The van der Waals surface area contributed by atoms with Gasteiger partial charge < -0.3 is 20.9 Å². The van der Waals surface area contributed by atoms with E-state index in [4.69, 9.17) is 4.99 Å². The number of halogens is 1. The minimum atomic E-state index is -0.0466. The summed E-state index contributed by atoms with van der Waals surface area (Å²) < 4.78 is 0. The topological polar surface area (TPSA) is 85.8 Å². The van der Waals surface area contributed by atoms with Gasteiger partial charge in [0.25, 0.3) is 5.91 Å². The first-order chi connectivity index (χ1) is 13.6. The van der Waals surface area contributed by atoms with Crippen LogP contribution < -0.4 is 16.0 Å². The van der Waals surface area contributed by atoms with Crippen molar-refractivity contribution < 1.29 is 9.59 Å². The molecule has 1 aliphatic rings. The number of nitrogens with zero attached hydrogens (tertiary/aromatic N) is 2. The molecule has 1 heterocycles. The van der Waals surface area contributed by atoms with E-state index in [1.807, 2.05) is 30.3 Å². The zero-order valence-corrected chi connectivity index (χ0v) is 19.8. The third kappa shape index (κ3) is 9.01.